The van der Waals surface area contributed by atoms with Crippen LogP contribution in [0.2, 0.25) is 0 Å². The summed E-state index contributed by atoms with van der Waals surface area (Å²) in [5.74, 6) is -2.69. The molecule has 0 atom stereocenters. The van der Waals surface area contributed by atoms with Gasteiger partial charge in [0.1, 0.15) is 5.82 Å². The van der Waals surface area contributed by atoms with E-state index in [1.807, 2.05) is 18.2 Å². The summed E-state index contributed by atoms with van der Waals surface area (Å²) < 4.78 is 12.8. The summed E-state index contributed by atoms with van der Waals surface area (Å²) in [6, 6.07) is 6.74. The predicted octanol–water partition coefficient (Wildman–Crippen LogP) is 2.81. The Kier molecular flexibility index (Phi) is 8.15. The minimum Gasteiger partial charge on any atom is -0.478 e. The molecule has 0 radical (unpaired) electrons. The lowest BCUT2D eigenvalue weighted by atomic mass is 9.99. The number of halogens is 1. The SMILES string of the molecule is C=CCN1CC=C(c2ccc(F)cc2)CC1.O=C(O)/C=C/C(=O)O. The van der Waals surface area contributed by atoms with Crippen LogP contribution in [0.25, 0.3) is 5.57 Å². The molecule has 0 unspecified atom stereocenters. The van der Waals surface area contributed by atoms with Crippen LogP contribution in [-0.2, 0) is 9.59 Å². The normalized spacial score (nSPS) is 14.5. The molecular formula is C18H20FNO4. The molecule has 0 aliphatic carbocycles. The molecule has 0 spiro atoms. The van der Waals surface area contributed by atoms with Gasteiger partial charge in [0.25, 0.3) is 0 Å². The predicted molar refractivity (Wildman–Crippen MR) is 90.0 cm³/mol. The van der Waals surface area contributed by atoms with Crippen LogP contribution in [0.15, 0.2) is 55.1 Å². The maximum absolute atomic E-state index is 12.8. The molecule has 0 bridgehead atoms. The van der Waals surface area contributed by atoms with Gasteiger partial charge in [-0.3, -0.25) is 4.90 Å². The van der Waals surface area contributed by atoms with Crippen molar-refractivity contribution in [3.05, 3.63) is 66.5 Å². The number of benzene rings is 1. The highest BCUT2D eigenvalue weighted by molar-refractivity contribution is 5.89. The average molecular weight is 333 g/mol. The van der Waals surface area contributed by atoms with Crippen LogP contribution < -0.4 is 0 Å². The molecular weight excluding hydrogens is 313 g/mol. The van der Waals surface area contributed by atoms with Gasteiger partial charge in [0.05, 0.1) is 0 Å². The van der Waals surface area contributed by atoms with E-state index in [1.165, 1.54) is 17.7 Å². The molecule has 0 amide bonds. The van der Waals surface area contributed by atoms with Gasteiger partial charge in [0, 0.05) is 31.8 Å². The fourth-order valence-corrected chi connectivity index (χ4v) is 2.13. The zero-order valence-corrected chi connectivity index (χ0v) is 13.2. The molecule has 24 heavy (non-hydrogen) atoms. The highest BCUT2D eigenvalue weighted by Gasteiger charge is 2.11. The van der Waals surface area contributed by atoms with E-state index in [0.29, 0.717) is 12.2 Å². The monoisotopic (exact) mass is 333 g/mol. The fourth-order valence-electron chi connectivity index (χ4n) is 2.13. The Morgan fingerprint density at radius 2 is 1.75 bits per heavy atom. The van der Waals surface area contributed by atoms with Gasteiger partial charge in [0.15, 0.2) is 0 Å². The number of rotatable bonds is 5. The number of carbonyl (C=O) groups is 2. The summed E-state index contributed by atoms with van der Waals surface area (Å²) in [4.78, 5) is 21.4. The van der Waals surface area contributed by atoms with Gasteiger partial charge in [-0.05, 0) is 29.7 Å². The third-order valence-electron chi connectivity index (χ3n) is 3.26. The van der Waals surface area contributed by atoms with E-state index in [9.17, 15) is 14.0 Å². The van der Waals surface area contributed by atoms with E-state index in [4.69, 9.17) is 10.2 Å². The summed E-state index contributed by atoms with van der Waals surface area (Å²) in [6.07, 6.45) is 6.29. The molecule has 5 nitrogen and oxygen atoms in total. The van der Waals surface area contributed by atoms with Gasteiger partial charge in [-0.15, -0.1) is 6.58 Å². The first-order chi connectivity index (χ1) is 11.4. The van der Waals surface area contributed by atoms with Crippen molar-refractivity contribution in [3.63, 3.8) is 0 Å². The van der Waals surface area contributed by atoms with E-state index >= 15 is 0 Å². The van der Waals surface area contributed by atoms with Gasteiger partial charge in [0.2, 0.25) is 0 Å². The molecule has 1 aliphatic heterocycles. The minimum absolute atomic E-state index is 0.173. The van der Waals surface area contributed by atoms with Crippen molar-refractivity contribution in [1.29, 1.82) is 0 Å². The van der Waals surface area contributed by atoms with Crippen LogP contribution >= 0.6 is 0 Å². The maximum atomic E-state index is 12.8. The van der Waals surface area contributed by atoms with Crippen molar-refractivity contribution in [2.45, 2.75) is 6.42 Å². The number of carboxylic acid groups (broad SMARTS) is 2. The van der Waals surface area contributed by atoms with E-state index in [2.05, 4.69) is 17.6 Å². The summed E-state index contributed by atoms with van der Waals surface area (Å²) >= 11 is 0. The standard InChI is InChI=1S/C14H16FN.C4H4O4/c1-2-9-16-10-7-13(8-11-16)12-3-5-14(15)6-4-12;5-3(6)1-2-4(7)8/h2-7H,1,8-11H2;1-2H,(H,5,6)(H,7,8)/b;2-1+. The van der Waals surface area contributed by atoms with Crippen molar-refractivity contribution in [1.82, 2.24) is 4.90 Å². The quantitative estimate of drug-likeness (QED) is 0.640. The molecule has 6 heteroatoms. The van der Waals surface area contributed by atoms with Gasteiger partial charge in [-0.2, -0.15) is 0 Å². The average Bonchev–Trinajstić information content (AvgIpc) is 2.55. The Labute approximate surface area is 140 Å². The van der Waals surface area contributed by atoms with Crippen LogP contribution in [0.5, 0.6) is 0 Å². The van der Waals surface area contributed by atoms with Crippen molar-refractivity contribution >= 4 is 17.5 Å². The zero-order valence-electron chi connectivity index (χ0n) is 13.2. The third-order valence-corrected chi connectivity index (χ3v) is 3.26. The van der Waals surface area contributed by atoms with Crippen molar-refractivity contribution in [3.8, 4) is 0 Å². The highest BCUT2D eigenvalue weighted by atomic mass is 19.1. The van der Waals surface area contributed by atoms with Crippen LogP contribution in [0.1, 0.15) is 12.0 Å². The number of hydrogen-bond acceptors (Lipinski definition) is 3. The third kappa shape index (κ3) is 7.51. The summed E-state index contributed by atoms with van der Waals surface area (Å²) in [7, 11) is 0. The summed E-state index contributed by atoms with van der Waals surface area (Å²) in [5.41, 5.74) is 2.46. The van der Waals surface area contributed by atoms with Crippen molar-refractivity contribution in [2.24, 2.45) is 0 Å². The van der Waals surface area contributed by atoms with Gasteiger partial charge >= 0.3 is 11.9 Å². The molecule has 1 aromatic rings. The molecule has 1 heterocycles. The Hall–Kier alpha value is -2.73. The van der Waals surface area contributed by atoms with Crippen molar-refractivity contribution < 1.29 is 24.2 Å². The molecule has 0 saturated heterocycles. The molecule has 2 N–H and O–H groups in total. The molecule has 1 aliphatic rings. The van der Waals surface area contributed by atoms with E-state index < -0.39 is 11.9 Å². The Bertz CT molecular complexity index is 619. The lowest BCUT2D eigenvalue weighted by Gasteiger charge is -2.25. The van der Waals surface area contributed by atoms with Gasteiger partial charge in [-0.25, -0.2) is 14.0 Å². The smallest absolute Gasteiger partial charge is 0.328 e. The second-order valence-corrected chi connectivity index (χ2v) is 5.04. The first kappa shape index (κ1) is 19.3. The van der Waals surface area contributed by atoms with E-state index in [1.54, 1.807) is 0 Å². The Balaban J connectivity index is 0.000000307. The van der Waals surface area contributed by atoms with Crippen LogP contribution in [0.4, 0.5) is 4.39 Å². The Morgan fingerprint density at radius 3 is 2.17 bits per heavy atom. The fraction of sp³-hybridized carbons (Fsp3) is 0.222. The molecule has 2 rings (SSSR count). The molecule has 1 aromatic carbocycles. The number of carboxylic acids is 2. The van der Waals surface area contributed by atoms with E-state index in [-0.39, 0.29) is 5.82 Å². The number of hydrogen-bond donors (Lipinski definition) is 2. The minimum atomic E-state index is -1.26. The zero-order chi connectivity index (χ0) is 17.9. The molecule has 0 fully saturated rings. The number of nitrogens with zero attached hydrogens (tertiary/aromatic N) is 1. The summed E-state index contributed by atoms with van der Waals surface area (Å²) in [6.45, 7) is 6.68. The molecule has 128 valence electrons. The first-order valence-electron chi connectivity index (χ1n) is 7.34. The lowest BCUT2D eigenvalue weighted by Crippen LogP contribution is -2.28. The molecule has 0 saturated carbocycles. The van der Waals surface area contributed by atoms with Crippen LogP contribution in [-0.4, -0.2) is 46.7 Å². The van der Waals surface area contributed by atoms with Crippen molar-refractivity contribution in [2.75, 3.05) is 19.6 Å². The number of aliphatic carboxylic acids is 2. The Morgan fingerprint density at radius 1 is 1.17 bits per heavy atom. The second kappa shape index (κ2) is 10.1. The lowest BCUT2D eigenvalue weighted by molar-refractivity contribution is -0.134. The largest absolute Gasteiger partial charge is 0.478 e. The van der Waals surface area contributed by atoms with Gasteiger partial charge in [-0.1, -0.05) is 24.3 Å². The van der Waals surface area contributed by atoms with Crippen LogP contribution in [0.3, 0.4) is 0 Å². The van der Waals surface area contributed by atoms with Crippen LogP contribution in [0, 0.1) is 5.82 Å². The van der Waals surface area contributed by atoms with E-state index in [0.717, 1.165) is 31.6 Å². The topological polar surface area (TPSA) is 77.8 Å². The first-order valence-corrected chi connectivity index (χ1v) is 7.34. The molecule has 0 aromatic heterocycles. The van der Waals surface area contributed by atoms with Gasteiger partial charge < -0.3 is 10.2 Å². The summed E-state index contributed by atoms with van der Waals surface area (Å²) in [5, 5.41) is 15.6. The highest BCUT2D eigenvalue weighted by Crippen LogP contribution is 2.22. The maximum Gasteiger partial charge on any atom is 0.328 e. The second-order valence-electron chi connectivity index (χ2n) is 5.04.